The summed E-state index contributed by atoms with van der Waals surface area (Å²) in [7, 11) is 2.05. The van der Waals surface area contributed by atoms with Crippen LogP contribution in [0.25, 0.3) is 0 Å². The van der Waals surface area contributed by atoms with Crippen LogP contribution in [0.15, 0.2) is 42.5 Å². The van der Waals surface area contributed by atoms with Crippen molar-refractivity contribution in [2.24, 2.45) is 0 Å². The zero-order valence-electron chi connectivity index (χ0n) is 15.5. The number of hydrogen-bond donors (Lipinski definition) is 1. The summed E-state index contributed by atoms with van der Waals surface area (Å²) in [6.45, 7) is 3.00. The molecule has 0 radical (unpaired) electrons. The number of nitrogens with one attached hydrogen (secondary N) is 1. The highest BCUT2D eigenvalue weighted by atomic mass is 35.5. The Morgan fingerprint density at radius 2 is 1.71 bits per heavy atom. The molecular formula is C20H21Cl2N3O3. The summed E-state index contributed by atoms with van der Waals surface area (Å²) in [4.78, 5) is 28.6. The van der Waals surface area contributed by atoms with Gasteiger partial charge in [-0.05, 0) is 49.5 Å². The van der Waals surface area contributed by atoms with E-state index in [1.807, 2.05) is 11.9 Å². The van der Waals surface area contributed by atoms with Gasteiger partial charge in [-0.25, -0.2) is 0 Å². The van der Waals surface area contributed by atoms with Gasteiger partial charge in [-0.3, -0.25) is 9.59 Å². The molecule has 0 spiro atoms. The van der Waals surface area contributed by atoms with E-state index < -0.39 is 0 Å². The fourth-order valence-corrected chi connectivity index (χ4v) is 3.28. The second-order valence-electron chi connectivity index (χ2n) is 6.58. The number of benzene rings is 2. The Labute approximate surface area is 174 Å². The first-order valence-corrected chi connectivity index (χ1v) is 9.63. The number of rotatable bonds is 5. The van der Waals surface area contributed by atoms with Gasteiger partial charge in [0.05, 0.1) is 5.02 Å². The van der Waals surface area contributed by atoms with Gasteiger partial charge in [-0.15, -0.1) is 0 Å². The zero-order valence-corrected chi connectivity index (χ0v) is 17.0. The van der Waals surface area contributed by atoms with E-state index in [9.17, 15) is 9.59 Å². The molecule has 1 N–H and O–H groups in total. The second-order valence-corrected chi connectivity index (χ2v) is 7.43. The Hall–Kier alpha value is -2.28. The van der Waals surface area contributed by atoms with E-state index in [2.05, 4.69) is 10.2 Å². The lowest BCUT2D eigenvalue weighted by Crippen LogP contribution is -2.47. The molecule has 1 aliphatic rings. The first-order chi connectivity index (χ1) is 13.4. The molecule has 1 heterocycles. The summed E-state index contributed by atoms with van der Waals surface area (Å²) in [5.74, 6) is 0.0604. The third kappa shape index (κ3) is 5.38. The average Bonchev–Trinajstić information content (AvgIpc) is 2.68. The van der Waals surface area contributed by atoms with E-state index in [0.29, 0.717) is 27.0 Å². The first kappa shape index (κ1) is 20.5. The average molecular weight is 422 g/mol. The number of carbonyl (C=O) groups excluding carboxylic acids is 2. The van der Waals surface area contributed by atoms with Crippen LogP contribution in [0.2, 0.25) is 10.0 Å². The largest absolute Gasteiger partial charge is 0.482 e. The quantitative estimate of drug-likeness (QED) is 0.803. The first-order valence-electron chi connectivity index (χ1n) is 8.88. The number of carbonyl (C=O) groups is 2. The molecule has 0 saturated carbocycles. The fraction of sp³-hybridized carbons (Fsp3) is 0.300. The van der Waals surface area contributed by atoms with Gasteiger partial charge in [0.25, 0.3) is 11.8 Å². The number of amides is 2. The van der Waals surface area contributed by atoms with Gasteiger partial charge < -0.3 is 19.9 Å². The van der Waals surface area contributed by atoms with E-state index in [1.165, 1.54) is 0 Å². The third-order valence-corrected chi connectivity index (χ3v) is 4.99. The van der Waals surface area contributed by atoms with Crippen molar-refractivity contribution in [1.29, 1.82) is 0 Å². The lowest BCUT2D eigenvalue weighted by Gasteiger charge is -2.32. The minimum absolute atomic E-state index is 0.00619. The van der Waals surface area contributed by atoms with E-state index >= 15 is 0 Å². The zero-order chi connectivity index (χ0) is 20.1. The van der Waals surface area contributed by atoms with Crippen LogP contribution < -0.4 is 10.1 Å². The van der Waals surface area contributed by atoms with Gasteiger partial charge in [-0.2, -0.15) is 0 Å². The van der Waals surface area contributed by atoms with Crippen molar-refractivity contribution >= 4 is 40.7 Å². The molecule has 0 bridgehead atoms. The number of halogens is 2. The lowest BCUT2D eigenvalue weighted by molar-refractivity contribution is -0.118. The topological polar surface area (TPSA) is 61.9 Å². The van der Waals surface area contributed by atoms with E-state index in [-0.39, 0.29) is 18.4 Å². The summed E-state index contributed by atoms with van der Waals surface area (Å²) in [5, 5.41) is 3.56. The molecule has 0 unspecified atom stereocenters. The highest BCUT2D eigenvalue weighted by Gasteiger charge is 2.20. The summed E-state index contributed by atoms with van der Waals surface area (Å²) in [6, 6.07) is 11.6. The molecule has 28 heavy (non-hydrogen) atoms. The predicted octanol–water partition coefficient (Wildman–Crippen LogP) is 3.40. The van der Waals surface area contributed by atoms with E-state index in [0.717, 1.165) is 26.2 Å². The second kappa shape index (κ2) is 9.28. The molecule has 8 heteroatoms. The predicted molar refractivity (Wildman–Crippen MR) is 110 cm³/mol. The van der Waals surface area contributed by atoms with Crippen LogP contribution in [0.4, 0.5) is 5.69 Å². The van der Waals surface area contributed by atoms with E-state index in [4.69, 9.17) is 27.9 Å². The van der Waals surface area contributed by atoms with Crippen molar-refractivity contribution in [2.75, 3.05) is 45.2 Å². The van der Waals surface area contributed by atoms with Crippen LogP contribution in [0.5, 0.6) is 5.75 Å². The number of likely N-dealkylation sites (N-methyl/N-ethyl adjacent to an activating group) is 1. The molecule has 2 aromatic rings. The molecule has 3 rings (SSSR count). The van der Waals surface area contributed by atoms with Crippen LogP contribution >= 0.6 is 23.2 Å². The van der Waals surface area contributed by atoms with Gasteiger partial charge in [-0.1, -0.05) is 23.2 Å². The van der Waals surface area contributed by atoms with Crippen molar-refractivity contribution in [3.05, 3.63) is 58.1 Å². The van der Waals surface area contributed by atoms with Crippen molar-refractivity contribution < 1.29 is 14.3 Å². The molecule has 0 aliphatic carbocycles. The normalized spacial score (nSPS) is 14.6. The number of piperazine rings is 1. The van der Waals surface area contributed by atoms with E-state index in [1.54, 1.807) is 42.5 Å². The van der Waals surface area contributed by atoms with Crippen LogP contribution in [0.1, 0.15) is 10.4 Å². The molecule has 2 amide bonds. The number of nitrogens with zero attached hydrogens (tertiary/aromatic N) is 2. The summed E-state index contributed by atoms with van der Waals surface area (Å²) in [5.41, 5.74) is 1.19. The summed E-state index contributed by atoms with van der Waals surface area (Å²) < 4.78 is 5.41. The molecule has 0 atom stereocenters. The molecule has 148 valence electrons. The fourth-order valence-electron chi connectivity index (χ4n) is 2.82. The SMILES string of the molecule is CN1CCN(C(=O)c2ccc(NC(=O)COc3ccc(Cl)cc3Cl)cc2)CC1. The Morgan fingerprint density at radius 3 is 2.36 bits per heavy atom. The molecule has 6 nitrogen and oxygen atoms in total. The van der Waals surface area contributed by atoms with Crippen molar-refractivity contribution in [3.8, 4) is 5.75 Å². The summed E-state index contributed by atoms with van der Waals surface area (Å²) >= 11 is 11.8. The van der Waals surface area contributed by atoms with Crippen LogP contribution in [0, 0.1) is 0 Å². The number of hydrogen-bond acceptors (Lipinski definition) is 4. The third-order valence-electron chi connectivity index (χ3n) is 4.46. The van der Waals surface area contributed by atoms with Crippen LogP contribution in [-0.2, 0) is 4.79 Å². The lowest BCUT2D eigenvalue weighted by atomic mass is 10.1. The maximum Gasteiger partial charge on any atom is 0.262 e. The maximum atomic E-state index is 12.5. The Bertz CT molecular complexity index is 850. The minimum Gasteiger partial charge on any atom is -0.482 e. The highest BCUT2D eigenvalue weighted by Crippen LogP contribution is 2.27. The summed E-state index contributed by atoms with van der Waals surface area (Å²) in [6.07, 6.45) is 0. The Balaban J connectivity index is 1.52. The van der Waals surface area contributed by atoms with Gasteiger partial charge >= 0.3 is 0 Å². The molecule has 1 fully saturated rings. The van der Waals surface area contributed by atoms with Crippen LogP contribution in [0.3, 0.4) is 0 Å². The van der Waals surface area contributed by atoms with Gasteiger partial charge in [0.15, 0.2) is 6.61 Å². The van der Waals surface area contributed by atoms with Crippen molar-refractivity contribution in [1.82, 2.24) is 9.80 Å². The highest BCUT2D eigenvalue weighted by molar-refractivity contribution is 6.35. The van der Waals surface area contributed by atoms with Gasteiger partial charge in [0.2, 0.25) is 0 Å². The van der Waals surface area contributed by atoms with Crippen LogP contribution in [-0.4, -0.2) is 61.4 Å². The Morgan fingerprint density at radius 1 is 1.04 bits per heavy atom. The monoisotopic (exact) mass is 421 g/mol. The minimum atomic E-state index is -0.329. The smallest absolute Gasteiger partial charge is 0.262 e. The van der Waals surface area contributed by atoms with Gasteiger partial charge in [0, 0.05) is 42.5 Å². The molecule has 2 aromatic carbocycles. The molecular weight excluding hydrogens is 401 g/mol. The maximum absolute atomic E-state index is 12.5. The molecule has 1 aliphatic heterocycles. The number of ether oxygens (including phenoxy) is 1. The molecule has 0 aromatic heterocycles. The standard InChI is InChI=1S/C20H21Cl2N3O3/c1-24-8-10-25(11-9-24)20(27)14-2-5-16(6-3-14)23-19(26)13-28-18-7-4-15(21)12-17(18)22/h2-7,12H,8-11,13H2,1H3,(H,23,26). The van der Waals surface area contributed by atoms with Crippen molar-refractivity contribution in [3.63, 3.8) is 0 Å². The molecule has 1 saturated heterocycles. The van der Waals surface area contributed by atoms with Crippen molar-refractivity contribution in [2.45, 2.75) is 0 Å². The number of anilines is 1. The Kier molecular flexibility index (Phi) is 6.78. The van der Waals surface area contributed by atoms with Gasteiger partial charge in [0.1, 0.15) is 5.75 Å².